The molecule has 0 atom stereocenters. The van der Waals surface area contributed by atoms with Gasteiger partial charge >= 0.3 is 12.0 Å². The summed E-state index contributed by atoms with van der Waals surface area (Å²) in [5, 5.41) is 11.7. The Bertz CT molecular complexity index is 1560. The number of barbiturate groups is 1. The molecule has 8 rings (SSSR count). The minimum atomic E-state index is -1.06. The van der Waals surface area contributed by atoms with Gasteiger partial charge < -0.3 is 9.67 Å². The van der Waals surface area contributed by atoms with Crippen molar-refractivity contribution in [3.63, 3.8) is 0 Å². The number of carboxylic acids is 1. The highest BCUT2D eigenvalue weighted by molar-refractivity contribution is 6.39. The average molecular weight is 536 g/mol. The first kappa shape index (κ1) is 24.6. The Morgan fingerprint density at radius 2 is 1.55 bits per heavy atom. The Hall–Kier alpha value is -4.46. The van der Waals surface area contributed by atoms with Crippen molar-refractivity contribution in [2.45, 2.75) is 43.9 Å². The molecule has 4 bridgehead atoms. The number of imide groups is 2. The summed E-state index contributed by atoms with van der Waals surface area (Å²) < 4.78 is 1.68. The van der Waals surface area contributed by atoms with E-state index in [1.165, 1.54) is 62.3 Å². The molecule has 5 fully saturated rings. The van der Waals surface area contributed by atoms with E-state index in [-0.39, 0.29) is 16.6 Å². The Balaban J connectivity index is 1.18. The monoisotopic (exact) mass is 535 g/mol. The Labute approximate surface area is 231 Å². The van der Waals surface area contributed by atoms with Gasteiger partial charge in [0, 0.05) is 17.6 Å². The Kier molecular flexibility index (Phi) is 5.56. The zero-order valence-electron chi connectivity index (χ0n) is 21.9. The van der Waals surface area contributed by atoms with Crippen molar-refractivity contribution in [1.29, 1.82) is 0 Å². The Morgan fingerprint density at radius 1 is 0.875 bits per heavy atom. The van der Waals surface area contributed by atoms with E-state index >= 15 is 0 Å². The van der Waals surface area contributed by atoms with Crippen LogP contribution in [0.25, 0.3) is 11.8 Å². The third-order valence-electron chi connectivity index (χ3n) is 9.32. The number of amides is 4. The summed E-state index contributed by atoms with van der Waals surface area (Å²) in [6.45, 7) is 0. The van der Waals surface area contributed by atoms with Gasteiger partial charge in [-0.3, -0.25) is 14.9 Å². The second-order valence-corrected chi connectivity index (χ2v) is 11.9. The van der Waals surface area contributed by atoms with Crippen molar-refractivity contribution in [2.75, 3.05) is 4.90 Å². The first-order valence-corrected chi connectivity index (χ1v) is 13.8. The van der Waals surface area contributed by atoms with E-state index in [0.717, 1.165) is 22.7 Å². The summed E-state index contributed by atoms with van der Waals surface area (Å²) >= 11 is 0. The lowest BCUT2D eigenvalue weighted by molar-refractivity contribution is -0.122. The molecular weight excluding hydrogens is 506 g/mol. The van der Waals surface area contributed by atoms with Gasteiger partial charge in [0.05, 0.1) is 11.3 Å². The van der Waals surface area contributed by atoms with E-state index in [2.05, 4.69) is 17.4 Å². The maximum absolute atomic E-state index is 13.6. The second kappa shape index (κ2) is 9.05. The van der Waals surface area contributed by atoms with Crippen LogP contribution in [0.3, 0.4) is 0 Å². The van der Waals surface area contributed by atoms with Crippen molar-refractivity contribution in [1.82, 2.24) is 9.88 Å². The third-order valence-corrected chi connectivity index (χ3v) is 9.32. The minimum Gasteiger partial charge on any atom is -0.478 e. The quantitative estimate of drug-likeness (QED) is 0.340. The zero-order chi connectivity index (χ0) is 27.6. The molecule has 8 nitrogen and oxygen atoms in total. The molecule has 5 aliphatic rings. The number of hydrogen-bond donors (Lipinski definition) is 2. The molecule has 0 radical (unpaired) electrons. The van der Waals surface area contributed by atoms with Crippen LogP contribution in [-0.2, 0) is 15.0 Å². The predicted molar refractivity (Wildman–Crippen MR) is 148 cm³/mol. The molecule has 4 amide bonds. The van der Waals surface area contributed by atoms with Crippen LogP contribution in [0.2, 0.25) is 0 Å². The van der Waals surface area contributed by atoms with Crippen LogP contribution in [0.1, 0.15) is 60.1 Å². The van der Waals surface area contributed by atoms with Crippen LogP contribution < -0.4 is 10.2 Å². The van der Waals surface area contributed by atoms with Gasteiger partial charge in [-0.25, -0.2) is 14.5 Å². The molecular formula is C32H29N3O5. The van der Waals surface area contributed by atoms with Crippen molar-refractivity contribution < 1.29 is 24.3 Å². The highest BCUT2D eigenvalue weighted by Gasteiger charge is 2.51. The van der Waals surface area contributed by atoms with E-state index in [9.17, 15) is 24.3 Å². The van der Waals surface area contributed by atoms with Crippen molar-refractivity contribution in [3.05, 3.63) is 89.3 Å². The fraction of sp³-hybridized carbons (Fsp3) is 0.312. The maximum Gasteiger partial charge on any atom is 0.335 e. The molecule has 1 aromatic heterocycles. The van der Waals surface area contributed by atoms with Gasteiger partial charge in [-0.2, -0.15) is 0 Å². The van der Waals surface area contributed by atoms with E-state index in [4.69, 9.17) is 0 Å². The van der Waals surface area contributed by atoms with Crippen LogP contribution in [0.4, 0.5) is 10.5 Å². The average Bonchev–Trinajstić information content (AvgIpc) is 3.39. The largest absolute Gasteiger partial charge is 0.478 e. The number of aromatic carboxylic acids is 1. The second-order valence-electron chi connectivity index (χ2n) is 11.9. The van der Waals surface area contributed by atoms with Gasteiger partial charge in [0.15, 0.2) is 0 Å². The normalized spacial score (nSPS) is 28.3. The summed E-state index contributed by atoms with van der Waals surface area (Å²) in [6, 6.07) is 16.8. The zero-order valence-corrected chi connectivity index (χ0v) is 21.9. The number of carbonyl (C=O) groups is 4. The number of aromatic nitrogens is 1. The SMILES string of the molecule is O=C1NC(=O)N(c2ccc(C34CC5CC(CC(C5)C3)C4)cc2)C(=O)C1=Cc1cccn1-c1cccc(C(=O)O)c1. The molecule has 3 aromatic rings. The summed E-state index contributed by atoms with van der Waals surface area (Å²) in [5.41, 5.74) is 2.89. The number of nitrogens with one attached hydrogen (secondary N) is 1. The molecule has 40 heavy (non-hydrogen) atoms. The van der Waals surface area contributed by atoms with Gasteiger partial charge in [-0.1, -0.05) is 18.2 Å². The maximum atomic E-state index is 13.6. The fourth-order valence-corrected chi connectivity index (χ4v) is 8.00. The van der Waals surface area contributed by atoms with Gasteiger partial charge in [0.1, 0.15) is 5.57 Å². The number of rotatable bonds is 5. The summed E-state index contributed by atoms with van der Waals surface area (Å²) in [7, 11) is 0. The van der Waals surface area contributed by atoms with E-state index in [1.54, 1.807) is 35.0 Å². The van der Waals surface area contributed by atoms with Gasteiger partial charge in [0.25, 0.3) is 11.8 Å². The van der Waals surface area contributed by atoms with E-state index in [0.29, 0.717) is 17.1 Å². The van der Waals surface area contributed by atoms with Gasteiger partial charge in [-0.15, -0.1) is 0 Å². The first-order chi connectivity index (χ1) is 19.3. The number of carboxylic acid groups (broad SMARTS) is 1. The van der Waals surface area contributed by atoms with E-state index in [1.807, 2.05) is 12.1 Å². The molecule has 8 heteroatoms. The van der Waals surface area contributed by atoms with Gasteiger partial charge in [0.2, 0.25) is 0 Å². The van der Waals surface area contributed by atoms with Crippen LogP contribution in [-0.4, -0.2) is 33.5 Å². The molecule has 1 saturated heterocycles. The minimum absolute atomic E-state index is 0.116. The lowest BCUT2D eigenvalue weighted by Crippen LogP contribution is -2.54. The number of hydrogen-bond acceptors (Lipinski definition) is 4. The van der Waals surface area contributed by atoms with Crippen molar-refractivity contribution in [3.8, 4) is 5.69 Å². The number of anilines is 1. The van der Waals surface area contributed by atoms with Gasteiger partial charge in [-0.05, 0) is 116 Å². The lowest BCUT2D eigenvalue weighted by atomic mass is 9.48. The highest BCUT2D eigenvalue weighted by atomic mass is 16.4. The molecule has 2 aromatic carbocycles. The number of benzene rings is 2. The van der Waals surface area contributed by atoms with Crippen molar-refractivity contribution >= 4 is 35.6 Å². The molecule has 2 heterocycles. The Morgan fingerprint density at radius 3 is 2.20 bits per heavy atom. The number of nitrogens with zero attached hydrogens (tertiary/aromatic N) is 2. The molecule has 4 aliphatic carbocycles. The molecule has 202 valence electrons. The van der Waals surface area contributed by atoms with Crippen LogP contribution in [0.5, 0.6) is 0 Å². The van der Waals surface area contributed by atoms with Crippen LogP contribution in [0, 0.1) is 17.8 Å². The van der Waals surface area contributed by atoms with Crippen LogP contribution >= 0.6 is 0 Å². The first-order valence-electron chi connectivity index (χ1n) is 13.8. The lowest BCUT2D eigenvalue weighted by Gasteiger charge is -2.57. The topological polar surface area (TPSA) is 109 Å². The fourth-order valence-electron chi connectivity index (χ4n) is 8.00. The summed E-state index contributed by atoms with van der Waals surface area (Å²) in [6.07, 6.45) is 10.9. The van der Waals surface area contributed by atoms with Crippen LogP contribution in [0.15, 0.2) is 72.4 Å². The summed E-state index contributed by atoms with van der Waals surface area (Å²) in [4.78, 5) is 51.6. The molecule has 1 aliphatic heterocycles. The van der Waals surface area contributed by atoms with Crippen molar-refractivity contribution in [2.24, 2.45) is 17.8 Å². The predicted octanol–water partition coefficient (Wildman–Crippen LogP) is 5.31. The third kappa shape index (κ3) is 3.97. The summed E-state index contributed by atoms with van der Waals surface area (Å²) in [5.74, 6) is -0.107. The van der Waals surface area contributed by atoms with E-state index < -0.39 is 23.8 Å². The molecule has 2 N–H and O–H groups in total. The molecule has 0 unspecified atom stereocenters. The smallest absolute Gasteiger partial charge is 0.335 e. The standard InChI is InChI=1S/C32H29N3O5/c36-28-27(15-26-5-2-10-34(26)25-4-1-3-22(14-25)30(38)39)29(37)35(31(40)33-28)24-8-6-23(7-9-24)32-16-19-11-20(17-32)13-21(12-19)18-32/h1-10,14-15,19-21H,11-13,16-18H2,(H,38,39)(H,33,36,40). The molecule has 0 spiro atoms. The molecule has 4 saturated carbocycles. The number of carbonyl (C=O) groups excluding carboxylic acids is 3. The number of urea groups is 1. The highest BCUT2D eigenvalue weighted by Crippen LogP contribution is 2.60.